The van der Waals surface area contributed by atoms with Crippen molar-refractivity contribution in [3.05, 3.63) is 36.0 Å². The Morgan fingerprint density at radius 1 is 1.43 bits per heavy atom. The van der Waals surface area contributed by atoms with E-state index in [1.165, 1.54) is 24.4 Å². The minimum atomic E-state index is -4.46. The van der Waals surface area contributed by atoms with Crippen molar-refractivity contribution in [1.82, 2.24) is 15.0 Å². The summed E-state index contributed by atoms with van der Waals surface area (Å²) in [6.45, 7) is -1.42. The number of benzene rings is 1. The minimum Gasteiger partial charge on any atom is -0.478 e. The number of anilines is 1. The van der Waals surface area contributed by atoms with Gasteiger partial charge in [0.2, 0.25) is 0 Å². The van der Waals surface area contributed by atoms with Gasteiger partial charge in [0, 0.05) is 0 Å². The molecule has 0 atom stereocenters. The summed E-state index contributed by atoms with van der Waals surface area (Å²) in [6, 6.07) is 5.81. The summed E-state index contributed by atoms with van der Waals surface area (Å²) in [5, 5.41) is 19.1. The number of aliphatic imine (C=N–C) groups is 1. The van der Waals surface area contributed by atoms with Gasteiger partial charge < -0.3 is 16.2 Å². The summed E-state index contributed by atoms with van der Waals surface area (Å²) in [7, 11) is 0. The Balaban J connectivity index is 2.12. The van der Waals surface area contributed by atoms with E-state index < -0.39 is 24.6 Å². The maximum Gasteiger partial charge on any atom is 0.408 e. The van der Waals surface area contributed by atoms with E-state index in [1.54, 1.807) is 6.07 Å². The van der Waals surface area contributed by atoms with Gasteiger partial charge >= 0.3 is 12.1 Å². The molecule has 0 unspecified atom stereocenters. The van der Waals surface area contributed by atoms with Crippen LogP contribution in [0.5, 0.6) is 0 Å². The highest BCUT2D eigenvalue weighted by Crippen LogP contribution is 2.14. The smallest absolute Gasteiger partial charge is 0.408 e. The highest BCUT2D eigenvalue weighted by molar-refractivity contribution is 5.91. The van der Waals surface area contributed by atoms with Gasteiger partial charge in [-0.2, -0.15) is 18.3 Å². The molecule has 4 N–H and O–H groups in total. The van der Waals surface area contributed by atoms with Crippen LogP contribution in [0.2, 0.25) is 0 Å². The first-order valence-electron chi connectivity index (χ1n) is 6.14. The van der Waals surface area contributed by atoms with Gasteiger partial charge in [-0.1, -0.05) is 6.07 Å². The van der Waals surface area contributed by atoms with Gasteiger partial charge in [-0.05, 0) is 18.2 Å². The number of nitrogens with one attached hydrogen (secondary N) is 1. The van der Waals surface area contributed by atoms with Crippen LogP contribution in [-0.2, 0) is 0 Å². The normalized spacial score (nSPS) is 12.2. The number of alkyl halides is 3. The van der Waals surface area contributed by atoms with Crippen LogP contribution in [0.4, 0.5) is 19.0 Å². The second-order valence-electron chi connectivity index (χ2n) is 4.32. The van der Waals surface area contributed by atoms with Crippen LogP contribution in [-0.4, -0.2) is 44.8 Å². The zero-order chi connectivity index (χ0) is 17.0. The molecular formula is C12H11F3N6O2. The van der Waals surface area contributed by atoms with E-state index in [4.69, 9.17) is 10.8 Å². The van der Waals surface area contributed by atoms with Crippen LogP contribution in [0.15, 0.2) is 35.5 Å². The van der Waals surface area contributed by atoms with Crippen molar-refractivity contribution >= 4 is 17.7 Å². The van der Waals surface area contributed by atoms with Crippen molar-refractivity contribution in [2.75, 3.05) is 11.9 Å². The molecule has 0 amide bonds. The van der Waals surface area contributed by atoms with Crippen LogP contribution >= 0.6 is 0 Å². The third-order valence-electron chi connectivity index (χ3n) is 2.50. The predicted molar refractivity (Wildman–Crippen MR) is 74.5 cm³/mol. The monoisotopic (exact) mass is 328 g/mol. The molecule has 0 aliphatic rings. The maximum absolute atomic E-state index is 12.0. The number of hydrogen-bond donors (Lipinski definition) is 3. The Bertz CT molecular complexity index is 740. The van der Waals surface area contributed by atoms with E-state index in [2.05, 4.69) is 20.5 Å². The van der Waals surface area contributed by atoms with Gasteiger partial charge in [-0.25, -0.2) is 9.79 Å². The van der Waals surface area contributed by atoms with Crippen molar-refractivity contribution in [2.45, 2.75) is 6.18 Å². The summed E-state index contributed by atoms with van der Waals surface area (Å²) in [6.07, 6.45) is -3.25. The summed E-state index contributed by atoms with van der Waals surface area (Å²) in [4.78, 5) is 15.1. The van der Waals surface area contributed by atoms with E-state index in [0.29, 0.717) is 5.69 Å². The van der Waals surface area contributed by atoms with Gasteiger partial charge in [-0.3, -0.25) is 0 Å². The van der Waals surface area contributed by atoms with Crippen LogP contribution in [0.1, 0.15) is 10.4 Å². The van der Waals surface area contributed by atoms with Crippen LogP contribution < -0.4 is 11.1 Å². The van der Waals surface area contributed by atoms with Gasteiger partial charge in [0.15, 0.2) is 11.8 Å². The fourth-order valence-electron chi connectivity index (χ4n) is 1.55. The lowest BCUT2D eigenvalue weighted by atomic mass is 10.2. The molecule has 2 rings (SSSR count). The standard InChI is InChI=1S/C12H11F3N6O2/c13-12(14,15)6-17-11(16)19-9-5-18-21(20-9)8-3-1-2-7(4-8)10(22)23/h1-5H,6H2,(H,22,23)(H3,16,17,19,20). The van der Waals surface area contributed by atoms with E-state index in [9.17, 15) is 18.0 Å². The number of aromatic nitrogens is 3. The molecule has 0 radical (unpaired) electrons. The molecule has 1 heterocycles. The molecule has 0 aliphatic carbocycles. The summed E-state index contributed by atoms with van der Waals surface area (Å²) >= 11 is 0. The minimum absolute atomic E-state index is 0.0422. The summed E-state index contributed by atoms with van der Waals surface area (Å²) in [5.41, 5.74) is 5.72. The molecule has 0 bridgehead atoms. The zero-order valence-corrected chi connectivity index (χ0v) is 11.4. The molecule has 0 saturated carbocycles. The number of carboxylic acid groups (broad SMARTS) is 1. The van der Waals surface area contributed by atoms with E-state index in [-0.39, 0.29) is 11.4 Å². The summed E-state index contributed by atoms with van der Waals surface area (Å²) in [5.74, 6) is -1.51. The number of halogens is 3. The zero-order valence-electron chi connectivity index (χ0n) is 11.4. The molecule has 23 heavy (non-hydrogen) atoms. The number of guanidine groups is 1. The average Bonchev–Trinajstić information content (AvgIpc) is 2.93. The van der Waals surface area contributed by atoms with Crippen LogP contribution in [0.3, 0.4) is 0 Å². The molecule has 1 aromatic heterocycles. The van der Waals surface area contributed by atoms with Crippen molar-refractivity contribution in [2.24, 2.45) is 10.7 Å². The molecule has 0 aliphatic heterocycles. The summed E-state index contributed by atoms with van der Waals surface area (Å²) < 4.78 is 36.0. The van der Waals surface area contributed by atoms with Crippen molar-refractivity contribution in [3.63, 3.8) is 0 Å². The maximum atomic E-state index is 12.0. The molecule has 11 heteroatoms. The number of carbonyl (C=O) groups is 1. The number of nitrogens with zero attached hydrogens (tertiary/aromatic N) is 4. The van der Waals surface area contributed by atoms with Crippen molar-refractivity contribution in [1.29, 1.82) is 0 Å². The molecule has 0 fully saturated rings. The first-order chi connectivity index (χ1) is 10.7. The molecule has 122 valence electrons. The Hall–Kier alpha value is -3.11. The average molecular weight is 328 g/mol. The number of carboxylic acids is 1. The molecule has 0 saturated heterocycles. The number of rotatable bonds is 4. The van der Waals surface area contributed by atoms with Crippen LogP contribution in [0, 0.1) is 0 Å². The van der Waals surface area contributed by atoms with Crippen molar-refractivity contribution in [3.8, 4) is 5.69 Å². The Morgan fingerprint density at radius 3 is 2.83 bits per heavy atom. The molecule has 0 spiro atoms. The predicted octanol–water partition coefficient (Wildman–Crippen LogP) is 1.25. The van der Waals surface area contributed by atoms with Gasteiger partial charge in [0.05, 0.1) is 17.4 Å². The van der Waals surface area contributed by atoms with Crippen molar-refractivity contribution < 1.29 is 23.1 Å². The fourth-order valence-corrected chi connectivity index (χ4v) is 1.55. The van der Waals surface area contributed by atoms with Crippen LogP contribution in [0.25, 0.3) is 5.69 Å². The largest absolute Gasteiger partial charge is 0.478 e. The Morgan fingerprint density at radius 2 is 2.17 bits per heavy atom. The second kappa shape index (κ2) is 6.34. The van der Waals surface area contributed by atoms with Gasteiger partial charge in [0.25, 0.3) is 0 Å². The molecular weight excluding hydrogens is 317 g/mol. The second-order valence-corrected chi connectivity index (χ2v) is 4.32. The third-order valence-corrected chi connectivity index (χ3v) is 2.50. The number of hydrogen-bond acceptors (Lipinski definition) is 4. The lowest BCUT2D eigenvalue weighted by Crippen LogP contribution is -2.25. The fraction of sp³-hybridized carbons (Fsp3) is 0.167. The van der Waals surface area contributed by atoms with E-state index >= 15 is 0 Å². The Kier molecular flexibility index (Phi) is 4.48. The van der Waals surface area contributed by atoms with E-state index in [1.807, 2.05) is 0 Å². The molecule has 2 aromatic rings. The lowest BCUT2D eigenvalue weighted by molar-refractivity contribution is -0.118. The molecule has 1 aromatic carbocycles. The van der Waals surface area contributed by atoms with Gasteiger partial charge in [0.1, 0.15) is 6.54 Å². The van der Waals surface area contributed by atoms with Gasteiger partial charge in [-0.15, -0.1) is 9.90 Å². The SMILES string of the molecule is NC(=NCC(F)(F)F)Nc1cnn(-c2cccc(C(=O)O)c2)n1. The highest BCUT2D eigenvalue weighted by atomic mass is 19.4. The highest BCUT2D eigenvalue weighted by Gasteiger charge is 2.26. The molecule has 8 nitrogen and oxygen atoms in total. The number of aromatic carboxylic acids is 1. The lowest BCUT2D eigenvalue weighted by Gasteiger charge is -2.04. The van der Waals surface area contributed by atoms with E-state index in [0.717, 1.165) is 4.80 Å². The number of nitrogens with two attached hydrogens (primary N) is 1. The first-order valence-corrected chi connectivity index (χ1v) is 6.14. The Labute approximate surface area is 127 Å². The topological polar surface area (TPSA) is 118 Å². The quantitative estimate of drug-likeness (QED) is 0.574. The third kappa shape index (κ3) is 4.69. The first kappa shape index (κ1) is 16.3.